The number of nitrogens with zero attached hydrogens (tertiary/aromatic N) is 1. The van der Waals surface area contributed by atoms with Crippen LogP contribution in [0.1, 0.15) is 33.6 Å². The summed E-state index contributed by atoms with van der Waals surface area (Å²) in [6, 6.07) is 0.438. The molecule has 0 aromatic heterocycles. The van der Waals surface area contributed by atoms with Crippen LogP contribution >= 0.6 is 0 Å². The molecule has 2 N–H and O–H groups in total. The lowest BCUT2D eigenvalue weighted by Crippen LogP contribution is -2.51. The molecule has 0 bridgehead atoms. The number of hydrogen-bond acceptors (Lipinski definition) is 3. The van der Waals surface area contributed by atoms with Gasteiger partial charge in [0.1, 0.15) is 0 Å². The summed E-state index contributed by atoms with van der Waals surface area (Å²) < 4.78 is 0. The molecule has 1 rings (SSSR count). The largest absolute Gasteiger partial charge is 0.346 e. The topological polar surface area (TPSA) is 61.4 Å². The van der Waals surface area contributed by atoms with Crippen LogP contribution in [0.2, 0.25) is 0 Å². The van der Waals surface area contributed by atoms with Crippen molar-refractivity contribution in [1.29, 1.82) is 0 Å². The van der Waals surface area contributed by atoms with Gasteiger partial charge in [-0.25, -0.2) is 0 Å². The molecule has 19 heavy (non-hydrogen) atoms. The number of nitrogens with one attached hydrogen (secondary N) is 2. The van der Waals surface area contributed by atoms with Gasteiger partial charge in [-0.1, -0.05) is 19.9 Å². The fourth-order valence-electron chi connectivity index (χ4n) is 2.50. The third kappa shape index (κ3) is 4.67. The average molecular weight is 267 g/mol. The van der Waals surface area contributed by atoms with Crippen molar-refractivity contribution in [3.8, 4) is 0 Å². The van der Waals surface area contributed by atoms with Crippen LogP contribution in [0.25, 0.3) is 0 Å². The van der Waals surface area contributed by atoms with Gasteiger partial charge in [-0.2, -0.15) is 0 Å². The first-order valence-electron chi connectivity index (χ1n) is 6.92. The highest BCUT2D eigenvalue weighted by atomic mass is 16.2. The highest BCUT2D eigenvalue weighted by molar-refractivity contribution is 5.87. The molecule has 0 saturated carbocycles. The van der Waals surface area contributed by atoms with Gasteiger partial charge >= 0.3 is 0 Å². The van der Waals surface area contributed by atoms with Crippen molar-refractivity contribution in [1.82, 2.24) is 15.5 Å². The van der Waals surface area contributed by atoms with E-state index >= 15 is 0 Å². The molecular formula is C14H25N3O2. The molecule has 0 aliphatic carbocycles. The van der Waals surface area contributed by atoms with Crippen molar-refractivity contribution in [2.24, 2.45) is 0 Å². The van der Waals surface area contributed by atoms with E-state index in [2.05, 4.69) is 31.1 Å². The maximum absolute atomic E-state index is 11.5. The zero-order chi connectivity index (χ0) is 14.4. The lowest BCUT2D eigenvalue weighted by molar-refractivity contribution is -0.128. The average Bonchev–Trinajstić information content (AvgIpc) is 2.72. The van der Waals surface area contributed by atoms with Crippen LogP contribution in [0.15, 0.2) is 12.7 Å². The Morgan fingerprint density at radius 2 is 2.05 bits per heavy atom. The molecule has 5 heteroatoms. The smallest absolute Gasteiger partial charge is 0.243 e. The van der Waals surface area contributed by atoms with Crippen molar-refractivity contribution < 1.29 is 9.59 Å². The lowest BCUT2D eigenvalue weighted by Gasteiger charge is -2.24. The van der Waals surface area contributed by atoms with Gasteiger partial charge in [0.25, 0.3) is 0 Å². The minimum Gasteiger partial charge on any atom is -0.346 e. The molecule has 0 aromatic carbocycles. The van der Waals surface area contributed by atoms with E-state index in [1.807, 2.05) is 0 Å². The van der Waals surface area contributed by atoms with E-state index in [0.29, 0.717) is 19.1 Å². The third-order valence-electron chi connectivity index (χ3n) is 3.50. The Balaban J connectivity index is 2.64. The van der Waals surface area contributed by atoms with Crippen molar-refractivity contribution in [2.45, 2.75) is 51.7 Å². The van der Waals surface area contributed by atoms with Gasteiger partial charge in [0.15, 0.2) is 0 Å². The zero-order valence-electron chi connectivity index (χ0n) is 12.1. The molecular weight excluding hydrogens is 242 g/mol. The summed E-state index contributed by atoms with van der Waals surface area (Å²) >= 11 is 0. The van der Waals surface area contributed by atoms with E-state index in [1.165, 1.54) is 6.08 Å². The molecule has 3 unspecified atom stereocenters. The van der Waals surface area contributed by atoms with Gasteiger partial charge in [0, 0.05) is 32.1 Å². The van der Waals surface area contributed by atoms with Crippen LogP contribution in [-0.2, 0) is 9.59 Å². The van der Waals surface area contributed by atoms with Gasteiger partial charge in [0.2, 0.25) is 11.8 Å². The number of likely N-dealkylation sites (tertiary alicyclic amines) is 1. The van der Waals surface area contributed by atoms with Crippen molar-refractivity contribution in [3.63, 3.8) is 0 Å². The molecule has 108 valence electrons. The van der Waals surface area contributed by atoms with Gasteiger partial charge in [-0.05, 0) is 19.4 Å². The first kappa shape index (κ1) is 15.7. The molecule has 1 aliphatic heterocycles. The summed E-state index contributed by atoms with van der Waals surface area (Å²) in [4.78, 5) is 24.7. The molecule has 1 saturated heterocycles. The fourth-order valence-corrected chi connectivity index (χ4v) is 2.50. The number of carbonyl (C=O) groups excluding carboxylic acids is 2. The highest BCUT2D eigenvalue weighted by Crippen LogP contribution is 2.12. The monoisotopic (exact) mass is 267 g/mol. The molecule has 2 amide bonds. The molecule has 0 radical (unpaired) electrons. The molecule has 5 nitrogen and oxygen atoms in total. The van der Waals surface area contributed by atoms with Gasteiger partial charge < -0.3 is 15.5 Å². The number of hydrogen-bond donors (Lipinski definition) is 2. The molecule has 1 fully saturated rings. The number of carbonyl (C=O) groups is 2. The number of amides is 2. The minimum atomic E-state index is -0.189. The Kier molecular flexibility index (Phi) is 6.02. The molecule has 0 aromatic rings. The summed E-state index contributed by atoms with van der Waals surface area (Å²) in [5, 5.41) is 6.40. The second-order valence-corrected chi connectivity index (χ2v) is 5.21. The third-order valence-corrected chi connectivity index (χ3v) is 3.50. The minimum absolute atomic E-state index is 0.0466. The second-order valence-electron chi connectivity index (χ2n) is 5.21. The molecule has 1 heterocycles. The summed E-state index contributed by atoms with van der Waals surface area (Å²) in [5.41, 5.74) is 0. The zero-order valence-corrected chi connectivity index (χ0v) is 12.1. The first-order valence-corrected chi connectivity index (χ1v) is 6.92. The second kappa shape index (κ2) is 7.28. The van der Waals surface area contributed by atoms with E-state index in [-0.39, 0.29) is 23.9 Å². The highest BCUT2D eigenvalue weighted by Gasteiger charge is 2.35. The maximum atomic E-state index is 11.5. The predicted molar refractivity (Wildman–Crippen MR) is 75.7 cm³/mol. The molecule has 3 atom stereocenters. The normalized spacial score (nSPS) is 24.1. The SMILES string of the molecule is C=CC(=O)NC1CN(C(C)=O)CC1NC(C)CCC. The summed E-state index contributed by atoms with van der Waals surface area (Å²) in [6.07, 6.45) is 3.46. The Hall–Kier alpha value is -1.36. The lowest BCUT2D eigenvalue weighted by atomic mass is 10.1. The Labute approximate surface area is 115 Å². The molecule has 1 aliphatic rings. The summed E-state index contributed by atoms with van der Waals surface area (Å²) in [6.45, 7) is 10.5. The van der Waals surface area contributed by atoms with Crippen molar-refractivity contribution in [3.05, 3.63) is 12.7 Å². The van der Waals surface area contributed by atoms with E-state index in [9.17, 15) is 9.59 Å². The quantitative estimate of drug-likeness (QED) is 0.695. The van der Waals surface area contributed by atoms with Crippen LogP contribution in [-0.4, -0.2) is 47.9 Å². The van der Waals surface area contributed by atoms with E-state index in [0.717, 1.165) is 12.8 Å². The number of rotatable bonds is 6. The van der Waals surface area contributed by atoms with Gasteiger partial charge in [-0.15, -0.1) is 0 Å². The Morgan fingerprint density at radius 3 is 2.58 bits per heavy atom. The van der Waals surface area contributed by atoms with Crippen LogP contribution in [0.5, 0.6) is 0 Å². The van der Waals surface area contributed by atoms with Gasteiger partial charge in [0.05, 0.1) is 6.04 Å². The Morgan fingerprint density at radius 1 is 1.42 bits per heavy atom. The van der Waals surface area contributed by atoms with E-state index in [1.54, 1.807) is 11.8 Å². The van der Waals surface area contributed by atoms with Crippen LogP contribution in [0, 0.1) is 0 Å². The Bertz CT molecular complexity index is 344. The van der Waals surface area contributed by atoms with Crippen LogP contribution < -0.4 is 10.6 Å². The first-order chi connectivity index (χ1) is 8.97. The predicted octanol–water partition coefficient (Wildman–Crippen LogP) is 0.666. The summed E-state index contributed by atoms with van der Waals surface area (Å²) in [7, 11) is 0. The van der Waals surface area contributed by atoms with Gasteiger partial charge in [-0.3, -0.25) is 9.59 Å². The van der Waals surface area contributed by atoms with Crippen molar-refractivity contribution >= 4 is 11.8 Å². The molecule has 0 spiro atoms. The van der Waals surface area contributed by atoms with E-state index < -0.39 is 0 Å². The van der Waals surface area contributed by atoms with Crippen LogP contribution in [0.3, 0.4) is 0 Å². The maximum Gasteiger partial charge on any atom is 0.243 e. The van der Waals surface area contributed by atoms with Crippen LogP contribution in [0.4, 0.5) is 0 Å². The van der Waals surface area contributed by atoms with Crippen molar-refractivity contribution in [2.75, 3.05) is 13.1 Å². The fraction of sp³-hybridized carbons (Fsp3) is 0.714. The van der Waals surface area contributed by atoms with E-state index in [4.69, 9.17) is 0 Å². The standard InChI is InChI=1S/C14H25N3O2/c1-5-7-10(3)15-12-8-17(11(4)18)9-13(12)16-14(19)6-2/h6,10,12-13,15H,2,5,7-9H2,1,3-4H3,(H,16,19). The summed E-state index contributed by atoms with van der Waals surface area (Å²) in [5.74, 6) is -0.143.